The smallest absolute Gasteiger partial charge is 0.342 e. The summed E-state index contributed by atoms with van der Waals surface area (Å²) in [5.74, 6) is -0.341. The van der Waals surface area contributed by atoms with Crippen LogP contribution in [0.5, 0.6) is 0 Å². The number of nitrogens with zero attached hydrogens (tertiary/aromatic N) is 3. The number of fused-ring (bicyclic) bond motifs is 1. The molecule has 0 spiro atoms. The number of thiazole rings is 1. The van der Waals surface area contributed by atoms with E-state index in [-0.39, 0.29) is 6.61 Å². The zero-order chi connectivity index (χ0) is 23.5. The molecule has 0 aliphatic carbocycles. The summed E-state index contributed by atoms with van der Waals surface area (Å²) in [4.78, 5) is 36.8. The van der Waals surface area contributed by atoms with Gasteiger partial charge in [0.1, 0.15) is 11.4 Å². The SMILES string of the molecule is Cc1nc(-c2cccc(NC(=O)COC(=O)c3cc4ccccc4nc3N3CCCC3)c2)cs1. The van der Waals surface area contributed by atoms with Gasteiger partial charge in [0.2, 0.25) is 0 Å². The van der Waals surface area contributed by atoms with Gasteiger partial charge in [-0.1, -0.05) is 30.3 Å². The van der Waals surface area contributed by atoms with Gasteiger partial charge in [0.15, 0.2) is 6.61 Å². The van der Waals surface area contributed by atoms with Gasteiger partial charge in [0, 0.05) is 35.1 Å². The van der Waals surface area contributed by atoms with E-state index in [1.807, 2.05) is 54.8 Å². The highest BCUT2D eigenvalue weighted by Gasteiger charge is 2.23. The maximum Gasteiger partial charge on any atom is 0.342 e. The first kappa shape index (κ1) is 22.0. The summed E-state index contributed by atoms with van der Waals surface area (Å²) in [6.07, 6.45) is 2.12. The highest BCUT2D eigenvalue weighted by Crippen LogP contribution is 2.27. The van der Waals surface area contributed by atoms with Crippen LogP contribution in [0.25, 0.3) is 22.2 Å². The number of benzene rings is 2. The predicted molar refractivity (Wildman–Crippen MR) is 134 cm³/mol. The fourth-order valence-corrected chi connectivity index (χ4v) is 4.71. The molecule has 1 fully saturated rings. The summed E-state index contributed by atoms with van der Waals surface area (Å²) < 4.78 is 5.40. The number of para-hydroxylation sites is 1. The second kappa shape index (κ2) is 9.61. The molecule has 172 valence electrons. The Balaban J connectivity index is 1.29. The second-order valence-electron chi connectivity index (χ2n) is 8.20. The van der Waals surface area contributed by atoms with E-state index in [1.165, 1.54) is 0 Å². The van der Waals surface area contributed by atoms with Crippen LogP contribution in [0.4, 0.5) is 11.5 Å². The maximum absolute atomic E-state index is 13.0. The molecule has 1 aliphatic heterocycles. The molecule has 7 nitrogen and oxygen atoms in total. The minimum Gasteiger partial charge on any atom is -0.452 e. The number of nitrogens with one attached hydrogen (secondary N) is 1. The fourth-order valence-electron chi connectivity index (χ4n) is 4.08. The first-order chi connectivity index (χ1) is 16.6. The van der Waals surface area contributed by atoms with E-state index < -0.39 is 11.9 Å². The van der Waals surface area contributed by atoms with Crippen molar-refractivity contribution >= 4 is 45.6 Å². The van der Waals surface area contributed by atoms with Crippen molar-refractivity contribution in [2.24, 2.45) is 0 Å². The van der Waals surface area contributed by atoms with Gasteiger partial charge in [-0.05, 0) is 44.0 Å². The molecule has 2 aromatic heterocycles. The van der Waals surface area contributed by atoms with Crippen LogP contribution < -0.4 is 10.2 Å². The van der Waals surface area contributed by atoms with Crippen LogP contribution in [-0.4, -0.2) is 41.5 Å². The Hall–Kier alpha value is -3.78. The summed E-state index contributed by atoms with van der Waals surface area (Å²) in [6, 6.07) is 16.9. The molecule has 0 bridgehead atoms. The van der Waals surface area contributed by atoms with Crippen LogP contribution in [0.3, 0.4) is 0 Å². The number of aryl methyl sites for hydroxylation is 1. The highest BCUT2D eigenvalue weighted by molar-refractivity contribution is 7.09. The predicted octanol–water partition coefficient (Wildman–Crippen LogP) is 5.06. The third-order valence-electron chi connectivity index (χ3n) is 5.72. The number of esters is 1. The fraction of sp³-hybridized carbons (Fsp3) is 0.231. The van der Waals surface area contributed by atoms with E-state index in [1.54, 1.807) is 23.5 Å². The third kappa shape index (κ3) is 4.77. The number of pyridine rings is 1. The standard InChI is InChI=1S/C26H24N4O3S/c1-17-27-23(16-34-17)18-8-6-9-20(13-18)28-24(31)15-33-26(32)21-14-19-7-2-3-10-22(19)29-25(21)30-11-4-5-12-30/h2-3,6-10,13-14,16H,4-5,11-12,15H2,1H3,(H,28,31). The summed E-state index contributed by atoms with van der Waals surface area (Å²) in [5.41, 5.74) is 3.61. The molecule has 1 N–H and O–H groups in total. The van der Waals surface area contributed by atoms with Crippen molar-refractivity contribution in [2.75, 3.05) is 29.9 Å². The molecule has 34 heavy (non-hydrogen) atoms. The first-order valence-corrected chi connectivity index (χ1v) is 12.1. The topological polar surface area (TPSA) is 84.4 Å². The van der Waals surface area contributed by atoms with E-state index in [4.69, 9.17) is 9.72 Å². The van der Waals surface area contributed by atoms with Gasteiger partial charge in [0.25, 0.3) is 5.91 Å². The number of amides is 1. The van der Waals surface area contributed by atoms with E-state index in [0.717, 1.165) is 53.1 Å². The Morgan fingerprint density at radius 2 is 1.88 bits per heavy atom. The van der Waals surface area contributed by atoms with Crippen LogP contribution in [-0.2, 0) is 9.53 Å². The molecule has 1 amide bonds. The molecule has 1 saturated heterocycles. The normalized spacial score (nSPS) is 13.3. The van der Waals surface area contributed by atoms with Crippen LogP contribution in [0, 0.1) is 6.92 Å². The van der Waals surface area contributed by atoms with Gasteiger partial charge < -0.3 is 15.0 Å². The van der Waals surface area contributed by atoms with Crippen LogP contribution in [0.1, 0.15) is 28.2 Å². The van der Waals surface area contributed by atoms with E-state index in [2.05, 4.69) is 15.2 Å². The maximum atomic E-state index is 13.0. The molecule has 0 radical (unpaired) electrons. The highest BCUT2D eigenvalue weighted by atomic mass is 32.1. The molecule has 5 rings (SSSR count). The lowest BCUT2D eigenvalue weighted by Crippen LogP contribution is -2.25. The number of hydrogen-bond acceptors (Lipinski definition) is 7. The number of hydrogen-bond donors (Lipinski definition) is 1. The number of rotatable bonds is 6. The largest absolute Gasteiger partial charge is 0.452 e. The van der Waals surface area contributed by atoms with Crippen molar-refractivity contribution in [3.8, 4) is 11.3 Å². The van der Waals surface area contributed by atoms with Crippen molar-refractivity contribution in [3.05, 3.63) is 70.5 Å². The zero-order valence-corrected chi connectivity index (χ0v) is 19.6. The van der Waals surface area contributed by atoms with Gasteiger partial charge in [0.05, 0.1) is 16.2 Å². The Morgan fingerprint density at radius 3 is 2.68 bits per heavy atom. The summed E-state index contributed by atoms with van der Waals surface area (Å²) >= 11 is 1.57. The van der Waals surface area contributed by atoms with Crippen LogP contribution in [0.2, 0.25) is 0 Å². The van der Waals surface area contributed by atoms with Crippen molar-refractivity contribution in [1.29, 1.82) is 0 Å². The first-order valence-electron chi connectivity index (χ1n) is 11.2. The second-order valence-corrected chi connectivity index (χ2v) is 9.27. The van der Waals surface area contributed by atoms with E-state index in [9.17, 15) is 9.59 Å². The number of anilines is 2. The number of carbonyl (C=O) groups excluding carboxylic acids is 2. The molecule has 1 aliphatic rings. The third-order valence-corrected chi connectivity index (χ3v) is 6.50. The van der Waals surface area contributed by atoms with Crippen molar-refractivity contribution in [3.63, 3.8) is 0 Å². The Bertz CT molecular complexity index is 1360. The molecule has 8 heteroatoms. The van der Waals surface area contributed by atoms with Gasteiger partial charge in [-0.2, -0.15) is 0 Å². The Labute approximate surface area is 201 Å². The molecule has 0 saturated carbocycles. The molecular formula is C26H24N4O3S. The van der Waals surface area contributed by atoms with E-state index in [0.29, 0.717) is 17.1 Å². The minimum absolute atomic E-state index is 0.384. The molecule has 0 unspecified atom stereocenters. The molecule has 2 aromatic carbocycles. The van der Waals surface area contributed by atoms with Gasteiger partial charge in [-0.25, -0.2) is 14.8 Å². The number of carbonyl (C=O) groups is 2. The van der Waals surface area contributed by atoms with Crippen molar-refractivity contribution < 1.29 is 14.3 Å². The quantitative estimate of drug-likeness (QED) is 0.395. The van der Waals surface area contributed by atoms with E-state index >= 15 is 0 Å². The Kier molecular flexibility index (Phi) is 6.22. The summed E-state index contributed by atoms with van der Waals surface area (Å²) in [5, 5.41) is 6.62. The molecule has 0 atom stereocenters. The summed E-state index contributed by atoms with van der Waals surface area (Å²) in [7, 11) is 0. The van der Waals surface area contributed by atoms with Gasteiger partial charge >= 0.3 is 5.97 Å². The lowest BCUT2D eigenvalue weighted by molar-refractivity contribution is -0.119. The van der Waals surface area contributed by atoms with Gasteiger partial charge in [-0.15, -0.1) is 11.3 Å². The number of aromatic nitrogens is 2. The Morgan fingerprint density at radius 1 is 1.06 bits per heavy atom. The van der Waals surface area contributed by atoms with Gasteiger partial charge in [-0.3, -0.25) is 4.79 Å². The zero-order valence-electron chi connectivity index (χ0n) is 18.8. The van der Waals surface area contributed by atoms with Crippen molar-refractivity contribution in [2.45, 2.75) is 19.8 Å². The molecule has 4 aromatic rings. The van der Waals surface area contributed by atoms with Crippen LogP contribution >= 0.6 is 11.3 Å². The lowest BCUT2D eigenvalue weighted by Gasteiger charge is -2.20. The lowest BCUT2D eigenvalue weighted by atomic mass is 10.1. The average molecular weight is 473 g/mol. The summed E-state index contributed by atoms with van der Waals surface area (Å²) in [6.45, 7) is 3.27. The molecule has 3 heterocycles. The average Bonchev–Trinajstić information content (AvgIpc) is 3.54. The van der Waals surface area contributed by atoms with Crippen LogP contribution in [0.15, 0.2) is 60.0 Å². The molecular weight excluding hydrogens is 448 g/mol. The number of ether oxygens (including phenoxy) is 1. The monoisotopic (exact) mass is 472 g/mol. The minimum atomic E-state index is -0.554. The van der Waals surface area contributed by atoms with Crippen molar-refractivity contribution in [1.82, 2.24) is 9.97 Å².